The van der Waals surface area contributed by atoms with Gasteiger partial charge in [0.1, 0.15) is 5.75 Å². The minimum Gasteiger partial charge on any atom is -0.495 e. The van der Waals surface area contributed by atoms with Crippen LogP contribution in [0.15, 0.2) is 48.5 Å². The largest absolute Gasteiger partial charge is 0.495 e. The maximum Gasteiger partial charge on any atom is 0.243 e. The Morgan fingerprint density at radius 3 is 2.67 bits per heavy atom. The molecule has 2 aromatic carbocycles. The molecule has 0 unspecified atom stereocenters. The van der Waals surface area contributed by atoms with Gasteiger partial charge in [-0.15, -0.1) is 0 Å². The lowest BCUT2D eigenvalue weighted by Crippen LogP contribution is -2.22. The van der Waals surface area contributed by atoms with Crippen molar-refractivity contribution in [2.45, 2.75) is 0 Å². The van der Waals surface area contributed by atoms with Gasteiger partial charge in [-0.1, -0.05) is 18.2 Å². The van der Waals surface area contributed by atoms with Crippen LogP contribution in [0.2, 0.25) is 0 Å². The first-order valence-electron chi connectivity index (χ1n) is 6.40. The highest BCUT2D eigenvalue weighted by atomic mass is 16.5. The Bertz CT molecular complexity index is 663. The molecule has 0 saturated heterocycles. The summed E-state index contributed by atoms with van der Waals surface area (Å²) in [6.45, 7) is 0.146. The molecule has 0 aliphatic rings. The fourth-order valence-corrected chi connectivity index (χ4v) is 1.80. The second-order valence-electron chi connectivity index (χ2n) is 4.29. The van der Waals surface area contributed by atoms with Crippen molar-refractivity contribution in [2.75, 3.05) is 24.3 Å². The average molecular weight is 281 g/mol. The van der Waals surface area contributed by atoms with Gasteiger partial charge in [0.25, 0.3) is 0 Å². The van der Waals surface area contributed by atoms with Gasteiger partial charge in [0.15, 0.2) is 0 Å². The number of methoxy groups -OCH3 is 1. The molecule has 2 rings (SSSR count). The molecule has 0 fully saturated rings. The molecule has 21 heavy (non-hydrogen) atoms. The summed E-state index contributed by atoms with van der Waals surface area (Å²) in [6.07, 6.45) is 0. The maximum atomic E-state index is 11.9. The Morgan fingerprint density at radius 1 is 1.24 bits per heavy atom. The SMILES string of the molecule is COc1cc(C#N)ccc1NC(=O)CNc1ccccc1. The summed E-state index contributed by atoms with van der Waals surface area (Å²) < 4.78 is 5.17. The molecule has 0 aliphatic heterocycles. The minimum atomic E-state index is -0.193. The van der Waals surface area contributed by atoms with Crippen molar-refractivity contribution in [3.8, 4) is 11.8 Å². The second kappa shape index (κ2) is 6.96. The van der Waals surface area contributed by atoms with Crippen LogP contribution in [-0.2, 0) is 4.79 Å². The first-order valence-corrected chi connectivity index (χ1v) is 6.40. The van der Waals surface area contributed by atoms with E-state index in [4.69, 9.17) is 10.00 Å². The number of hydrogen-bond acceptors (Lipinski definition) is 4. The number of ether oxygens (including phenoxy) is 1. The van der Waals surface area contributed by atoms with Gasteiger partial charge in [-0.3, -0.25) is 4.79 Å². The van der Waals surface area contributed by atoms with Crippen molar-refractivity contribution >= 4 is 17.3 Å². The lowest BCUT2D eigenvalue weighted by atomic mass is 10.2. The van der Waals surface area contributed by atoms with E-state index in [1.165, 1.54) is 7.11 Å². The van der Waals surface area contributed by atoms with Crippen LogP contribution in [0.25, 0.3) is 0 Å². The molecule has 0 atom stereocenters. The van der Waals surface area contributed by atoms with Crippen LogP contribution < -0.4 is 15.4 Å². The number of nitrogens with one attached hydrogen (secondary N) is 2. The van der Waals surface area contributed by atoms with E-state index in [9.17, 15) is 4.79 Å². The van der Waals surface area contributed by atoms with E-state index in [0.29, 0.717) is 17.0 Å². The third kappa shape index (κ3) is 3.98. The van der Waals surface area contributed by atoms with Crippen molar-refractivity contribution in [1.82, 2.24) is 0 Å². The number of amides is 1. The van der Waals surface area contributed by atoms with E-state index >= 15 is 0 Å². The Hall–Kier alpha value is -3.00. The molecule has 5 nitrogen and oxygen atoms in total. The van der Waals surface area contributed by atoms with Crippen LogP contribution in [0.1, 0.15) is 5.56 Å². The fraction of sp³-hybridized carbons (Fsp3) is 0.125. The Balaban J connectivity index is 1.98. The van der Waals surface area contributed by atoms with Gasteiger partial charge in [0.2, 0.25) is 5.91 Å². The van der Waals surface area contributed by atoms with Crippen molar-refractivity contribution in [3.63, 3.8) is 0 Å². The number of anilines is 2. The van der Waals surface area contributed by atoms with Gasteiger partial charge in [0, 0.05) is 11.8 Å². The molecular weight excluding hydrogens is 266 g/mol. The molecule has 1 amide bonds. The Kier molecular flexibility index (Phi) is 4.78. The third-order valence-corrected chi connectivity index (χ3v) is 2.83. The van der Waals surface area contributed by atoms with Gasteiger partial charge in [-0.25, -0.2) is 0 Å². The zero-order chi connectivity index (χ0) is 15.1. The number of para-hydroxylation sites is 1. The number of carbonyl (C=O) groups is 1. The van der Waals surface area contributed by atoms with E-state index in [0.717, 1.165) is 5.69 Å². The van der Waals surface area contributed by atoms with Gasteiger partial charge in [-0.05, 0) is 24.3 Å². The van der Waals surface area contributed by atoms with E-state index in [1.54, 1.807) is 18.2 Å². The molecule has 0 spiro atoms. The highest BCUT2D eigenvalue weighted by Crippen LogP contribution is 2.25. The standard InChI is InChI=1S/C16H15N3O2/c1-21-15-9-12(10-17)7-8-14(15)19-16(20)11-18-13-5-3-2-4-6-13/h2-9,18H,11H2,1H3,(H,19,20). The number of rotatable bonds is 5. The number of hydrogen-bond donors (Lipinski definition) is 2. The van der Waals surface area contributed by atoms with Crippen molar-refractivity contribution < 1.29 is 9.53 Å². The van der Waals surface area contributed by atoms with Crippen molar-refractivity contribution in [2.24, 2.45) is 0 Å². The molecule has 0 radical (unpaired) electrons. The predicted octanol–water partition coefficient (Wildman–Crippen LogP) is 2.62. The van der Waals surface area contributed by atoms with Gasteiger partial charge in [-0.2, -0.15) is 5.26 Å². The molecule has 0 aliphatic carbocycles. The van der Waals surface area contributed by atoms with Crippen LogP contribution in [-0.4, -0.2) is 19.6 Å². The summed E-state index contributed by atoms with van der Waals surface area (Å²) >= 11 is 0. The van der Waals surface area contributed by atoms with Gasteiger partial charge < -0.3 is 15.4 Å². The summed E-state index contributed by atoms with van der Waals surface area (Å²) in [7, 11) is 1.49. The molecule has 0 heterocycles. The monoisotopic (exact) mass is 281 g/mol. The van der Waals surface area contributed by atoms with E-state index in [-0.39, 0.29) is 12.5 Å². The smallest absolute Gasteiger partial charge is 0.243 e. The summed E-state index contributed by atoms with van der Waals surface area (Å²) in [5.74, 6) is 0.268. The van der Waals surface area contributed by atoms with Crippen molar-refractivity contribution in [1.29, 1.82) is 5.26 Å². The first kappa shape index (κ1) is 14.4. The molecule has 5 heteroatoms. The third-order valence-electron chi connectivity index (χ3n) is 2.83. The van der Waals surface area contributed by atoms with Gasteiger partial charge in [0.05, 0.1) is 31.0 Å². The lowest BCUT2D eigenvalue weighted by molar-refractivity contribution is -0.114. The second-order valence-corrected chi connectivity index (χ2v) is 4.29. The summed E-state index contributed by atoms with van der Waals surface area (Å²) in [5, 5.41) is 14.6. The molecule has 0 aromatic heterocycles. The summed E-state index contributed by atoms with van der Waals surface area (Å²) in [5.41, 5.74) is 1.89. The van der Waals surface area contributed by atoms with Gasteiger partial charge >= 0.3 is 0 Å². The molecular formula is C16H15N3O2. The Morgan fingerprint density at radius 2 is 2.00 bits per heavy atom. The van der Waals surface area contributed by atoms with Crippen LogP contribution >= 0.6 is 0 Å². The van der Waals surface area contributed by atoms with Crippen LogP contribution in [0, 0.1) is 11.3 Å². The van der Waals surface area contributed by atoms with Crippen LogP contribution in [0.4, 0.5) is 11.4 Å². The number of nitriles is 1. The van der Waals surface area contributed by atoms with Crippen LogP contribution in [0.3, 0.4) is 0 Å². The maximum absolute atomic E-state index is 11.9. The molecule has 106 valence electrons. The fourth-order valence-electron chi connectivity index (χ4n) is 1.80. The first-order chi connectivity index (χ1) is 10.2. The van der Waals surface area contributed by atoms with E-state index in [1.807, 2.05) is 36.4 Å². The predicted molar refractivity (Wildman–Crippen MR) is 81.3 cm³/mol. The van der Waals surface area contributed by atoms with E-state index in [2.05, 4.69) is 10.6 Å². The summed E-state index contributed by atoms with van der Waals surface area (Å²) in [4.78, 5) is 11.9. The lowest BCUT2D eigenvalue weighted by Gasteiger charge is -2.11. The van der Waals surface area contributed by atoms with E-state index < -0.39 is 0 Å². The van der Waals surface area contributed by atoms with Crippen LogP contribution in [0.5, 0.6) is 5.75 Å². The highest BCUT2D eigenvalue weighted by molar-refractivity contribution is 5.95. The topological polar surface area (TPSA) is 74.1 Å². The number of benzene rings is 2. The van der Waals surface area contributed by atoms with Crippen molar-refractivity contribution in [3.05, 3.63) is 54.1 Å². The average Bonchev–Trinajstić information content (AvgIpc) is 2.54. The molecule has 2 N–H and O–H groups in total. The molecule has 2 aromatic rings. The summed E-state index contributed by atoms with van der Waals surface area (Å²) in [6, 6.07) is 16.3. The Labute approximate surface area is 123 Å². The zero-order valence-electron chi connectivity index (χ0n) is 11.6. The number of carbonyl (C=O) groups excluding carboxylic acids is 1. The molecule has 0 saturated carbocycles. The molecule has 0 bridgehead atoms. The zero-order valence-corrected chi connectivity index (χ0v) is 11.6. The quantitative estimate of drug-likeness (QED) is 0.883. The highest BCUT2D eigenvalue weighted by Gasteiger charge is 2.08. The normalized spacial score (nSPS) is 9.52. The number of nitrogens with zero attached hydrogens (tertiary/aromatic N) is 1. The minimum absolute atomic E-state index is 0.146.